The van der Waals surface area contributed by atoms with Crippen molar-refractivity contribution < 1.29 is 13.9 Å². The van der Waals surface area contributed by atoms with Crippen LogP contribution in [0.2, 0.25) is 0 Å². The van der Waals surface area contributed by atoms with E-state index in [9.17, 15) is 9.18 Å². The molecule has 0 saturated carbocycles. The SMILES string of the molecule is COC(=O)C(Nc1cc(Br)c(F)cc1N)c1ccccc1. The van der Waals surface area contributed by atoms with Crippen molar-refractivity contribution in [3.8, 4) is 0 Å². The summed E-state index contributed by atoms with van der Waals surface area (Å²) in [6, 6.07) is 11.0. The number of carbonyl (C=O) groups excluding carboxylic acids is 1. The topological polar surface area (TPSA) is 64.3 Å². The molecule has 1 atom stereocenters. The van der Waals surface area contributed by atoms with Gasteiger partial charge >= 0.3 is 5.97 Å². The number of halogens is 2. The lowest BCUT2D eigenvalue weighted by atomic mass is 10.1. The molecule has 0 amide bonds. The fraction of sp³-hybridized carbons (Fsp3) is 0.133. The van der Waals surface area contributed by atoms with Crippen LogP contribution in [-0.4, -0.2) is 13.1 Å². The van der Waals surface area contributed by atoms with E-state index in [0.29, 0.717) is 5.69 Å². The lowest BCUT2D eigenvalue weighted by Crippen LogP contribution is -2.22. The molecule has 0 aliphatic heterocycles. The predicted molar refractivity (Wildman–Crippen MR) is 83.3 cm³/mol. The second kappa shape index (κ2) is 6.58. The molecule has 0 bridgehead atoms. The van der Waals surface area contributed by atoms with Crippen LogP contribution in [-0.2, 0) is 9.53 Å². The van der Waals surface area contributed by atoms with Crippen LogP contribution in [0.4, 0.5) is 15.8 Å². The number of benzene rings is 2. The summed E-state index contributed by atoms with van der Waals surface area (Å²) in [6.07, 6.45) is 0. The zero-order chi connectivity index (χ0) is 15.4. The van der Waals surface area contributed by atoms with E-state index in [1.807, 2.05) is 18.2 Å². The molecule has 0 fully saturated rings. The molecule has 0 spiro atoms. The van der Waals surface area contributed by atoms with Crippen molar-refractivity contribution in [3.63, 3.8) is 0 Å². The number of rotatable bonds is 4. The molecule has 0 heterocycles. The monoisotopic (exact) mass is 352 g/mol. The van der Waals surface area contributed by atoms with E-state index in [1.54, 1.807) is 12.1 Å². The fourth-order valence-corrected chi connectivity index (χ4v) is 2.23. The minimum Gasteiger partial charge on any atom is -0.467 e. The minimum atomic E-state index is -0.726. The number of nitrogens with two attached hydrogens (primary N) is 1. The zero-order valence-electron chi connectivity index (χ0n) is 11.3. The Labute approximate surface area is 130 Å². The van der Waals surface area contributed by atoms with Crippen LogP contribution in [0.5, 0.6) is 0 Å². The average molecular weight is 353 g/mol. The number of methoxy groups -OCH3 is 1. The zero-order valence-corrected chi connectivity index (χ0v) is 12.9. The second-order valence-electron chi connectivity index (χ2n) is 4.36. The van der Waals surface area contributed by atoms with Crippen molar-refractivity contribution in [2.45, 2.75) is 6.04 Å². The Hall–Kier alpha value is -2.08. The Kier molecular flexibility index (Phi) is 4.80. The number of nitrogens with one attached hydrogen (secondary N) is 1. The molecule has 0 aromatic heterocycles. The highest BCUT2D eigenvalue weighted by Gasteiger charge is 2.22. The number of nitrogen functional groups attached to an aromatic ring is 1. The van der Waals surface area contributed by atoms with Crippen molar-refractivity contribution in [1.82, 2.24) is 0 Å². The summed E-state index contributed by atoms with van der Waals surface area (Å²) in [4.78, 5) is 12.0. The average Bonchev–Trinajstić information content (AvgIpc) is 2.49. The van der Waals surface area contributed by atoms with E-state index in [0.717, 1.165) is 5.56 Å². The van der Waals surface area contributed by atoms with Gasteiger partial charge < -0.3 is 15.8 Å². The first kappa shape index (κ1) is 15.3. The third-order valence-electron chi connectivity index (χ3n) is 2.96. The molecule has 2 aromatic carbocycles. The molecule has 6 heteroatoms. The number of esters is 1. The van der Waals surface area contributed by atoms with Gasteiger partial charge in [-0.3, -0.25) is 0 Å². The molecule has 0 saturated heterocycles. The van der Waals surface area contributed by atoms with Crippen molar-refractivity contribution in [2.24, 2.45) is 0 Å². The summed E-state index contributed by atoms with van der Waals surface area (Å²) in [5.74, 6) is -0.923. The van der Waals surface area contributed by atoms with E-state index in [2.05, 4.69) is 21.2 Å². The molecule has 21 heavy (non-hydrogen) atoms. The van der Waals surface area contributed by atoms with Crippen LogP contribution in [0.1, 0.15) is 11.6 Å². The summed E-state index contributed by atoms with van der Waals surface area (Å²) in [5.41, 5.74) is 7.16. The molecular formula is C15H14BrFN2O2. The number of carbonyl (C=O) groups is 1. The maximum atomic E-state index is 13.4. The number of anilines is 2. The number of hydrogen-bond acceptors (Lipinski definition) is 4. The standard InChI is InChI=1S/C15H14BrFN2O2/c1-21-15(20)14(9-5-3-2-4-6-9)19-13-7-10(16)11(17)8-12(13)18/h2-8,14,19H,18H2,1H3. The maximum Gasteiger partial charge on any atom is 0.332 e. The molecule has 0 radical (unpaired) electrons. The highest BCUT2D eigenvalue weighted by molar-refractivity contribution is 9.10. The summed E-state index contributed by atoms with van der Waals surface area (Å²) in [5, 5.41) is 2.99. The third kappa shape index (κ3) is 3.52. The first-order chi connectivity index (χ1) is 10.0. The van der Waals surface area contributed by atoms with Crippen molar-refractivity contribution >= 4 is 33.3 Å². The van der Waals surface area contributed by atoms with Crippen LogP contribution in [0, 0.1) is 5.82 Å². The minimum absolute atomic E-state index is 0.209. The molecule has 0 aliphatic rings. The third-order valence-corrected chi connectivity index (χ3v) is 3.57. The van der Waals surface area contributed by atoms with Gasteiger partial charge in [-0.2, -0.15) is 0 Å². The predicted octanol–water partition coefficient (Wildman–Crippen LogP) is 3.50. The second-order valence-corrected chi connectivity index (χ2v) is 5.22. The molecule has 2 aromatic rings. The van der Waals surface area contributed by atoms with Gasteiger partial charge in [-0.25, -0.2) is 9.18 Å². The Morgan fingerprint density at radius 2 is 2.00 bits per heavy atom. The van der Waals surface area contributed by atoms with Crippen LogP contribution in [0.25, 0.3) is 0 Å². The van der Waals surface area contributed by atoms with Gasteiger partial charge in [0, 0.05) is 6.07 Å². The maximum absolute atomic E-state index is 13.4. The fourth-order valence-electron chi connectivity index (χ4n) is 1.88. The molecular weight excluding hydrogens is 339 g/mol. The number of hydrogen-bond donors (Lipinski definition) is 2. The number of ether oxygens (including phenoxy) is 1. The van der Waals surface area contributed by atoms with Gasteiger partial charge in [0.1, 0.15) is 5.82 Å². The van der Waals surface area contributed by atoms with Crippen molar-refractivity contribution in [1.29, 1.82) is 0 Å². The molecule has 0 aliphatic carbocycles. The molecule has 4 nitrogen and oxygen atoms in total. The Bertz CT molecular complexity index is 650. The smallest absolute Gasteiger partial charge is 0.332 e. The summed E-state index contributed by atoms with van der Waals surface area (Å²) in [7, 11) is 1.31. The van der Waals surface area contributed by atoms with Crippen LogP contribution in [0.15, 0.2) is 46.9 Å². The van der Waals surface area contributed by atoms with Crippen molar-refractivity contribution in [2.75, 3.05) is 18.2 Å². The molecule has 110 valence electrons. The molecule has 2 rings (SSSR count). The van der Waals surface area contributed by atoms with E-state index in [-0.39, 0.29) is 10.2 Å². The highest BCUT2D eigenvalue weighted by Crippen LogP contribution is 2.30. The summed E-state index contributed by atoms with van der Waals surface area (Å²) >= 11 is 3.09. The largest absolute Gasteiger partial charge is 0.467 e. The quantitative estimate of drug-likeness (QED) is 0.652. The summed E-state index contributed by atoms with van der Waals surface area (Å²) < 4.78 is 18.5. The Morgan fingerprint density at radius 3 is 2.62 bits per heavy atom. The van der Waals surface area contributed by atoms with Gasteiger partial charge in [0.05, 0.1) is 23.0 Å². The van der Waals surface area contributed by atoms with E-state index in [4.69, 9.17) is 10.5 Å². The van der Waals surface area contributed by atoms with Crippen LogP contribution in [0.3, 0.4) is 0 Å². The van der Waals surface area contributed by atoms with Gasteiger partial charge in [-0.1, -0.05) is 30.3 Å². The first-order valence-electron chi connectivity index (χ1n) is 6.16. The normalized spacial score (nSPS) is 11.8. The van der Waals surface area contributed by atoms with Gasteiger partial charge in [-0.05, 0) is 27.6 Å². The van der Waals surface area contributed by atoms with Crippen molar-refractivity contribution in [3.05, 3.63) is 58.3 Å². The summed E-state index contributed by atoms with van der Waals surface area (Å²) in [6.45, 7) is 0. The van der Waals surface area contributed by atoms with Gasteiger partial charge in [0.15, 0.2) is 6.04 Å². The Balaban J connectivity index is 2.36. The Morgan fingerprint density at radius 1 is 1.33 bits per heavy atom. The van der Waals surface area contributed by atoms with Crippen LogP contribution < -0.4 is 11.1 Å². The van der Waals surface area contributed by atoms with Gasteiger partial charge in [0.25, 0.3) is 0 Å². The van der Waals surface area contributed by atoms with Crippen LogP contribution >= 0.6 is 15.9 Å². The van der Waals surface area contributed by atoms with Gasteiger partial charge in [0.2, 0.25) is 0 Å². The molecule has 1 unspecified atom stereocenters. The van der Waals surface area contributed by atoms with E-state index < -0.39 is 17.8 Å². The first-order valence-corrected chi connectivity index (χ1v) is 6.96. The molecule has 3 N–H and O–H groups in total. The van der Waals surface area contributed by atoms with E-state index in [1.165, 1.54) is 19.2 Å². The highest BCUT2D eigenvalue weighted by atomic mass is 79.9. The lowest BCUT2D eigenvalue weighted by molar-refractivity contribution is -0.141. The van der Waals surface area contributed by atoms with Gasteiger partial charge in [-0.15, -0.1) is 0 Å². The lowest BCUT2D eigenvalue weighted by Gasteiger charge is -2.19. The van der Waals surface area contributed by atoms with E-state index >= 15 is 0 Å².